The molecule has 0 aromatic heterocycles. The molecule has 0 aliphatic rings. The zero-order valence-electron chi connectivity index (χ0n) is 7.91. The van der Waals surface area contributed by atoms with E-state index in [2.05, 4.69) is 11.8 Å². The fourth-order valence-electron chi connectivity index (χ4n) is 0.984. The summed E-state index contributed by atoms with van der Waals surface area (Å²) >= 11 is 0. The Kier molecular flexibility index (Phi) is 3.57. The average Bonchev–Trinajstić information content (AvgIpc) is 2.21. The van der Waals surface area contributed by atoms with E-state index in [-0.39, 0.29) is 6.42 Å². The van der Waals surface area contributed by atoms with Crippen molar-refractivity contribution in [1.29, 1.82) is 0 Å². The van der Waals surface area contributed by atoms with Gasteiger partial charge < -0.3 is 15.3 Å². The SMILES string of the molecule is COc1cc(C#CCC=O)ccc1N. The molecule has 0 fully saturated rings. The van der Waals surface area contributed by atoms with Crippen molar-refractivity contribution >= 4 is 12.0 Å². The molecule has 72 valence electrons. The summed E-state index contributed by atoms with van der Waals surface area (Å²) in [5, 5.41) is 0. The Hall–Kier alpha value is -1.95. The average molecular weight is 189 g/mol. The quantitative estimate of drug-likeness (QED) is 0.432. The highest BCUT2D eigenvalue weighted by Crippen LogP contribution is 2.21. The molecule has 0 radical (unpaired) electrons. The zero-order valence-corrected chi connectivity index (χ0v) is 7.91. The fourth-order valence-corrected chi connectivity index (χ4v) is 0.984. The first-order chi connectivity index (χ1) is 6.77. The Balaban J connectivity index is 2.91. The zero-order chi connectivity index (χ0) is 10.4. The molecular formula is C11H11NO2. The normalized spacial score (nSPS) is 8.64. The predicted octanol–water partition coefficient (Wildman–Crippen LogP) is 1.22. The van der Waals surface area contributed by atoms with E-state index in [1.54, 1.807) is 25.3 Å². The lowest BCUT2D eigenvalue weighted by atomic mass is 10.2. The first-order valence-corrected chi connectivity index (χ1v) is 4.14. The summed E-state index contributed by atoms with van der Waals surface area (Å²) in [6.45, 7) is 0. The number of anilines is 1. The first kappa shape index (κ1) is 10.1. The van der Waals surface area contributed by atoms with Crippen LogP contribution in [0.4, 0.5) is 5.69 Å². The molecule has 0 atom stereocenters. The van der Waals surface area contributed by atoms with Crippen LogP contribution in [0.15, 0.2) is 18.2 Å². The number of nitrogen functional groups attached to an aromatic ring is 1. The monoisotopic (exact) mass is 189 g/mol. The Morgan fingerprint density at radius 1 is 1.57 bits per heavy atom. The van der Waals surface area contributed by atoms with E-state index < -0.39 is 0 Å². The van der Waals surface area contributed by atoms with Crippen LogP contribution < -0.4 is 10.5 Å². The van der Waals surface area contributed by atoms with Crippen molar-refractivity contribution in [2.75, 3.05) is 12.8 Å². The second kappa shape index (κ2) is 4.93. The summed E-state index contributed by atoms with van der Waals surface area (Å²) in [6.07, 6.45) is 1.01. The molecule has 1 aromatic carbocycles. The molecular weight excluding hydrogens is 178 g/mol. The minimum atomic E-state index is 0.243. The molecule has 3 nitrogen and oxygen atoms in total. The van der Waals surface area contributed by atoms with Crippen LogP contribution in [0.1, 0.15) is 12.0 Å². The van der Waals surface area contributed by atoms with Crippen molar-refractivity contribution in [2.45, 2.75) is 6.42 Å². The van der Waals surface area contributed by atoms with Gasteiger partial charge in [0.15, 0.2) is 0 Å². The van der Waals surface area contributed by atoms with Gasteiger partial charge in [0.1, 0.15) is 12.0 Å². The molecule has 3 heteroatoms. The molecule has 0 spiro atoms. The minimum Gasteiger partial charge on any atom is -0.495 e. The van der Waals surface area contributed by atoms with E-state index in [1.807, 2.05) is 0 Å². The summed E-state index contributed by atoms with van der Waals surface area (Å²) in [4.78, 5) is 10.0. The van der Waals surface area contributed by atoms with Gasteiger partial charge in [0, 0.05) is 5.56 Å². The number of carbonyl (C=O) groups excluding carboxylic acids is 1. The number of hydrogen-bond donors (Lipinski definition) is 1. The highest BCUT2D eigenvalue weighted by Gasteiger charge is 1.97. The molecule has 1 aromatic rings. The number of rotatable bonds is 2. The molecule has 0 aliphatic heterocycles. The van der Waals surface area contributed by atoms with E-state index in [0.717, 1.165) is 11.8 Å². The van der Waals surface area contributed by atoms with Crippen LogP contribution in [0.25, 0.3) is 0 Å². The second-order valence-electron chi connectivity index (χ2n) is 2.63. The topological polar surface area (TPSA) is 52.3 Å². The van der Waals surface area contributed by atoms with Crippen molar-refractivity contribution in [3.05, 3.63) is 23.8 Å². The third-order valence-electron chi connectivity index (χ3n) is 1.65. The Morgan fingerprint density at radius 3 is 3.00 bits per heavy atom. The number of ether oxygens (including phenoxy) is 1. The number of methoxy groups -OCH3 is 1. The Morgan fingerprint density at radius 2 is 2.36 bits per heavy atom. The van der Waals surface area contributed by atoms with Crippen molar-refractivity contribution in [1.82, 2.24) is 0 Å². The number of hydrogen-bond acceptors (Lipinski definition) is 3. The molecule has 0 amide bonds. The molecule has 0 saturated heterocycles. The molecule has 2 N–H and O–H groups in total. The van der Waals surface area contributed by atoms with Crippen LogP contribution in [0.5, 0.6) is 5.75 Å². The van der Waals surface area contributed by atoms with Crippen LogP contribution >= 0.6 is 0 Å². The van der Waals surface area contributed by atoms with Crippen LogP contribution in [-0.4, -0.2) is 13.4 Å². The van der Waals surface area contributed by atoms with Crippen molar-refractivity contribution < 1.29 is 9.53 Å². The third kappa shape index (κ3) is 2.53. The van der Waals surface area contributed by atoms with Gasteiger partial charge in [-0.2, -0.15) is 0 Å². The molecule has 0 aliphatic carbocycles. The van der Waals surface area contributed by atoms with E-state index in [1.165, 1.54) is 0 Å². The van der Waals surface area contributed by atoms with Gasteiger partial charge in [0.25, 0.3) is 0 Å². The summed E-state index contributed by atoms with van der Waals surface area (Å²) in [5.41, 5.74) is 6.99. The van der Waals surface area contributed by atoms with Gasteiger partial charge in [-0.3, -0.25) is 0 Å². The van der Waals surface area contributed by atoms with Gasteiger partial charge >= 0.3 is 0 Å². The number of aldehydes is 1. The van der Waals surface area contributed by atoms with Gasteiger partial charge in [0.05, 0.1) is 19.2 Å². The lowest BCUT2D eigenvalue weighted by molar-refractivity contribution is -0.107. The summed E-state index contributed by atoms with van der Waals surface area (Å²) in [7, 11) is 1.55. The molecule has 1 rings (SSSR count). The van der Waals surface area contributed by atoms with Crippen molar-refractivity contribution in [3.8, 4) is 17.6 Å². The molecule has 0 heterocycles. The Labute approximate surface area is 82.9 Å². The van der Waals surface area contributed by atoms with Gasteiger partial charge in [0.2, 0.25) is 0 Å². The minimum absolute atomic E-state index is 0.243. The smallest absolute Gasteiger partial charge is 0.142 e. The predicted molar refractivity (Wildman–Crippen MR) is 55.0 cm³/mol. The van der Waals surface area contributed by atoms with Crippen LogP contribution in [0, 0.1) is 11.8 Å². The highest BCUT2D eigenvalue weighted by atomic mass is 16.5. The van der Waals surface area contributed by atoms with Gasteiger partial charge in [-0.1, -0.05) is 11.8 Å². The number of carbonyl (C=O) groups is 1. The molecule has 0 unspecified atom stereocenters. The van der Waals surface area contributed by atoms with Crippen molar-refractivity contribution in [2.24, 2.45) is 0 Å². The van der Waals surface area contributed by atoms with Crippen LogP contribution in [0.3, 0.4) is 0 Å². The van der Waals surface area contributed by atoms with E-state index in [9.17, 15) is 4.79 Å². The second-order valence-corrected chi connectivity index (χ2v) is 2.63. The third-order valence-corrected chi connectivity index (χ3v) is 1.65. The largest absolute Gasteiger partial charge is 0.495 e. The standard InChI is InChI=1S/C11H11NO2/c1-14-11-8-9(4-2-3-7-13)5-6-10(11)12/h5-8H,3,12H2,1H3. The summed E-state index contributed by atoms with van der Waals surface area (Å²) in [5.74, 6) is 6.14. The maximum absolute atomic E-state index is 10.0. The first-order valence-electron chi connectivity index (χ1n) is 4.14. The van der Waals surface area contributed by atoms with Gasteiger partial charge in [-0.25, -0.2) is 0 Å². The van der Waals surface area contributed by atoms with Crippen LogP contribution in [-0.2, 0) is 4.79 Å². The van der Waals surface area contributed by atoms with E-state index in [4.69, 9.17) is 10.5 Å². The Bertz CT molecular complexity index is 388. The maximum Gasteiger partial charge on any atom is 0.142 e. The molecule has 14 heavy (non-hydrogen) atoms. The fraction of sp³-hybridized carbons (Fsp3) is 0.182. The number of nitrogens with two attached hydrogens (primary N) is 1. The van der Waals surface area contributed by atoms with E-state index in [0.29, 0.717) is 11.4 Å². The lowest BCUT2D eigenvalue weighted by Crippen LogP contribution is -1.92. The highest BCUT2D eigenvalue weighted by molar-refractivity contribution is 5.58. The molecule has 0 saturated carbocycles. The van der Waals surface area contributed by atoms with Gasteiger partial charge in [-0.15, -0.1) is 0 Å². The number of benzene rings is 1. The summed E-state index contributed by atoms with van der Waals surface area (Å²) < 4.78 is 5.03. The lowest BCUT2D eigenvalue weighted by Gasteiger charge is -2.03. The molecule has 0 bridgehead atoms. The maximum atomic E-state index is 10.0. The van der Waals surface area contributed by atoms with E-state index >= 15 is 0 Å². The van der Waals surface area contributed by atoms with Gasteiger partial charge in [-0.05, 0) is 18.2 Å². The van der Waals surface area contributed by atoms with Crippen LogP contribution in [0.2, 0.25) is 0 Å². The van der Waals surface area contributed by atoms with Crippen molar-refractivity contribution in [3.63, 3.8) is 0 Å². The summed E-state index contributed by atoms with van der Waals surface area (Å²) in [6, 6.07) is 5.26.